The van der Waals surface area contributed by atoms with Gasteiger partial charge in [-0.25, -0.2) is 4.39 Å². The minimum absolute atomic E-state index is 0.246. The van der Waals surface area contributed by atoms with E-state index >= 15 is 0 Å². The van der Waals surface area contributed by atoms with Gasteiger partial charge in [0.1, 0.15) is 0 Å². The molecule has 0 aliphatic heterocycles. The highest BCUT2D eigenvalue weighted by Crippen LogP contribution is 2.39. The number of hydrogen-bond donors (Lipinski definition) is 2. The Kier molecular flexibility index (Phi) is 2.44. The first kappa shape index (κ1) is 10.1. The van der Waals surface area contributed by atoms with Crippen LogP contribution in [-0.4, -0.2) is 21.8 Å². The summed E-state index contributed by atoms with van der Waals surface area (Å²) < 4.78 is 13.2. The van der Waals surface area contributed by atoms with E-state index in [-0.39, 0.29) is 18.0 Å². The van der Waals surface area contributed by atoms with Crippen molar-refractivity contribution in [3.63, 3.8) is 0 Å². The van der Waals surface area contributed by atoms with Crippen molar-refractivity contribution in [2.45, 2.75) is 18.5 Å². The van der Waals surface area contributed by atoms with E-state index in [0.29, 0.717) is 5.82 Å². The molecule has 0 atom stereocenters. The number of nitrogens with zero attached hydrogens (tertiary/aromatic N) is 2. The maximum Gasteiger partial charge on any atom is 0.275 e. The zero-order valence-corrected chi connectivity index (χ0v) is 8.38. The van der Waals surface area contributed by atoms with Gasteiger partial charge in [-0.3, -0.25) is 15.6 Å². The third kappa shape index (κ3) is 2.33. The largest absolute Gasteiger partial charge is 0.280 e. The summed E-state index contributed by atoms with van der Waals surface area (Å²) >= 11 is 5.51. The fraction of sp³-hybridized carbons (Fsp3) is 0.375. The van der Waals surface area contributed by atoms with Crippen LogP contribution in [0.15, 0.2) is 12.1 Å². The van der Waals surface area contributed by atoms with Crippen LogP contribution in [0.2, 0.25) is 5.15 Å². The number of carbonyl (C=O) groups is 1. The molecule has 1 heterocycles. The molecule has 1 fully saturated rings. The Bertz CT molecular complexity index is 379. The van der Waals surface area contributed by atoms with Crippen LogP contribution in [0, 0.1) is 0 Å². The maximum atomic E-state index is 13.2. The fourth-order valence-electron chi connectivity index (χ4n) is 0.952. The zero-order chi connectivity index (χ0) is 10.9. The van der Waals surface area contributed by atoms with Crippen molar-refractivity contribution in [1.82, 2.24) is 15.6 Å². The number of amides is 1. The highest BCUT2D eigenvalue weighted by Gasteiger charge is 2.50. The van der Waals surface area contributed by atoms with E-state index in [1.807, 2.05) is 0 Å². The van der Waals surface area contributed by atoms with Gasteiger partial charge in [0.25, 0.3) is 5.91 Å². The van der Waals surface area contributed by atoms with Crippen molar-refractivity contribution in [3.05, 3.63) is 17.3 Å². The van der Waals surface area contributed by atoms with E-state index in [0.717, 1.165) is 0 Å². The number of carbonyl (C=O) groups excluding carboxylic acids is 1. The summed E-state index contributed by atoms with van der Waals surface area (Å²) in [6.07, 6.45) is 0.541. The molecule has 1 amide bonds. The second-order valence-corrected chi connectivity index (χ2v) is 3.67. The Morgan fingerprint density at radius 3 is 2.73 bits per heavy atom. The summed E-state index contributed by atoms with van der Waals surface area (Å²) in [7, 11) is 0. The molecule has 1 aromatic heterocycles. The van der Waals surface area contributed by atoms with Crippen molar-refractivity contribution >= 4 is 23.3 Å². The molecule has 0 saturated heterocycles. The van der Waals surface area contributed by atoms with Gasteiger partial charge in [0.15, 0.2) is 16.6 Å². The Hall–Kier alpha value is -1.43. The fourth-order valence-corrected chi connectivity index (χ4v) is 1.05. The first-order valence-electron chi connectivity index (χ1n) is 4.35. The topological polar surface area (TPSA) is 66.9 Å². The average molecular weight is 231 g/mol. The Morgan fingerprint density at radius 1 is 1.47 bits per heavy atom. The summed E-state index contributed by atoms with van der Waals surface area (Å²) in [4.78, 5) is 11.1. The Labute approximate surface area is 90.0 Å². The van der Waals surface area contributed by atoms with E-state index in [9.17, 15) is 9.18 Å². The van der Waals surface area contributed by atoms with E-state index < -0.39 is 11.6 Å². The van der Waals surface area contributed by atoms with Crippen molar-refractivity contribution < 1.29 is 9.18 Å². The third-order valence-electron chi connectivity index (χ3n) is 2.03. The van der Waals surface area contributed by atoms with Crippen LogP contribution in [0.25, 0.3) is 0 Å². The van der Waals surface area contributed by atoms with Gasteiger partial charge < -0.3 is 0 Å². The summed E-state index contributed by atoms with van der Waals surface area (Å²) in [6.45, 7) is 0. The molecule has 1 saturated carbocycles. The number of rotatable bonds is 3. The molecule has 0 radical (unpaired) electrons. The third-order valence-corrected chi connectivity index (χ3v) is 2.23. The van der Waals surface area contributed by atoms with Gasteiger partial charge in [-0.1, -0.05) is 11.6 Å². The molecular formula is C8H8ClFN4O. The second kappa shape index (κ2) is 3.62. The van der Waals surface area contributed by atoms with Gasteiger partial charge in [0, 0.05) is 0 Å². The van der Waals surface area contributed by atoms with E-state index in [2.05, 4.69) is 21.0 Å². The van der Waals surface area contributed by atoms with Crippen LogP contribution in [0.3, 0.4) is 0 Å². The zero-order valence-electron chi connectivity index (χ0n) is 7.63. The minimum atomic E-state index is -1.70. The van der Waals surface area contributed by atoms with Crippen LogP contribution < -0.4 is 10.9 Å². The molecule has 1 aromatic rings. The molecule has 2 N–H and O–H groups in total. The minimum Gasteiger partial charge on any atom is -0.280 e. The molecule has 5 nitrogen and oxygen atoms in total. The van der Waals surface area contributed by atoms with E-state index in [4.69, 9.17) is 11.6 Å². The van der Waals surface area contributed by atoms with Gasteiger partial charge in [-0.05, 0) is 25.0 Å². The number of nitrogens with one attached hydrogen (secondary N) is 2. The summed E-state index contributed by atoms with van der Waals surface area (Å²) in [5.74, 6) is -0.378. The monoisotopic (exact) mass is 230 g/mol. The number of halogens is 2. The summed E-state index contributed by atoms with van der Waals surface area (Å²) in [6, 6.07) is 3.03. The molecular weight excluding hydrogens is 223 g/mol. The predicted molar refractivity (Wildman–Crippen MR) is 51.9 cm³/mol. The second-order valence-electron chi connectivity index (χ2n) is 3.29. The molecule has 0 unspecified atom stereocenters. The van der Waals surface area contributed by atoms with Crippen LogP contribution in [-0.2, 0) is 4.79 Å². The van der Waals surface area contributed by atoms with Gasteiger partial charge in [-0.2, -0.15) is 0 Å². The van der Waals surface area contributed by atoms with E-state index in [1.54, 1.807) is 0 Å². The SMILES string of the molecule is O=C(NNc1ccc(Cl)nn1)C1(F)CC1. The highest BCUT2D eigenvalue weighted by atomic mass is 35.5. The number of anilines is 1. The molecule has 0 aromatic carbocycles. The van der Waals surface area contributed by atoms with Crippen molar-refractivity contribution in [2.24, 2.45) is 0 Å². The molecule has 1 aliphatic rings. The Morgan fingerprint density at radius 2 is 2.20 bits per heavy atom. The molecule has 1 aliphatic carbocycles. The lowest BCUT2D eigenvalue weighted by Crippen LogP contribution is -2.37. The molecule has 80 valence electrons. The molecule has 0 bridgehead atoms. The molecule has 0 spiro atoms. The number of hydrogen-bond acceptors (Lipinski definition) is 4. The normalized spacial score (nSPS) is 16.9. The van der Waals surface area contributed by atoms with Gasteiger partial charge >= 0.3 is 0 Å². The number of hydrazine groups is 1. The molecule has 2 rings (SSSR count). The predicted octanol–water partition coefficient (Wildman–Crippen LogP) is 1.08. The first-order valence-corrected chi connectivity index (χ1v) is 4.73. The van der Waals surface area contributed by atoms with Crippen LogP contribution in [0.5, 0.6) is 0 Å². The van der Waals surface area contributed by atoms with Crippen molar-refractivity contribution in [2.75, 3.05) is 5.43 Å². The standard InChI is InChI=1S/C8H8ClFN4O/c9-5-1-2-6(12-11-5)13-14-7(15)8(10)3-4-8/h1-2H,3-4H2,(H,12,13)(H,14,15). The first-order chi connectivity index (χ1) is 7.10. The van der Waals surface area contributed by atoms with Gasteiger partial charge in [0.05, 0.1) is 0 Å². The Balaban J connectivity index is 1.88. The number of aromatic nitrogens is 2. The van der Waals surface area contributed by atoms with Crippen LogP contribution in [0.4, 0.5) is 10.2 Å². The smallest absolute Gasteiger partial charge is 0.275 e. The maximum absolute atomic E-state index is 13.2. The number of alkyl halides is 1. The van der Waals surface area contributed by atoms with Crippen molar-refractivity contribution in [3.8, 4) is 0 Å². The quantitative estimate of drug-likeness (QED) is 0.763. The lowest BCUT2D eigenvalue weighted by atomic mass is 10.4. The lowest BCUT2D eigenvalue weighted by Gasteiger charge is -2.08. The summed E-state index contributed by atoms with van der Waals surface area (Å²) in [5.41, 5.74) is 2.96. The molecule has 15 heavy (non-hydrogen) atoms. The van der Waals surface area contributed by atoms with E-state index in [1.165, 1.54) is 12.1 Å². The highest BCUT2D eigenvalue weighted by molar-refractivity contribution is 6.29. The van der Waals surface area contributed by atoms with Crippen LogP contribution in [0.1, 0.15) is 12.8 Å². The summed E-state index contributed by atoms with van der Waals surface area (Å²) in [5, 5.41) is 7.41. The van der Waals surface area contributed by atoms with Crippen LogP contribution >= 0.6 is 11.6 Å². The van der Waals surface area contributed by atoms with Gasteiger partial charge in [0.2, 0.25) is 0 Å². The van der Waals surface area contributed by atoms with Gasteiger partial charge in [-0.15, -0.1) is 10.2 Å². The van der Waals surface area contributed by atoms with Crippen molar-refractivity contribution in [1.29, 1.82) is 0 Å². The molecule has 7 heteroatoms. The lowest BCUT2D eigenvalue weighted by molar-refractivity contribution is -0.126. The average Bonchev–Trinajstić information content (AvgIpc) is 2.97.